The zero-order chi connectivity index (χ0) is 21.0. The third-order valence-electron chi connectivity index (χ3n) is 5.41. The molecule has 1 amide bonds. The number of benzene rings is 1. The van der Waals surface area contributed by atoms with Crippen molar-refractivity contribution < 1.29 is 4.79 Å². The van der Waals surface area contributed by atoms with Gasteiger partial charge in [-0.05, 0) is 49.1 Å². The van der Waals surface area contributed by atoms with E-state index in [0.717, 1.165) is 43.7 Å². The number of likely N-dealkylation sites (tertiary alicyclic amines) is 1. The van der Waals surface area contributed by atoms with Gasteiger partial charge >= 0.3 is 0 Å². The molecule has 1 aliphatic rings. The number of aromatic nitrogens is 1. The van der Waals surface area contributed by atoms with E-state index in [9.17, 15) is 4.79 Å². The number of hydrogen-bond acceptors (Lipinski definition) is 3. The van der Waals surface area contributed by atoms with E-state index in [2.05, 4.69) is 15.2 Å². The molecule has 2 aromatic rings. The van der Waals surface area contributed by atoms with Gasteiger partial charge in [-0.15, -0.1) is 0 Å². The van der Waals surface area contributed by atoms with Gasteiger partial charge < -0.3 is 5.32 Å². The maximum Gasteiger partial charge on any atom is 0.225 e. The van der Waals surface area contributed by atoms with Crippen LogP contribution in [0.15, 0.2) is 42.6 Å². The third kappa shape index (κ3) is 5.71. The fourth-order valence-electron chi connectivity index (χ4n) is 3.77. The lowest BCUT2D eigenvalue weighted by atomic mass is 9.86. The fourth-order valence-corrected chi connectivity index (χ4v) is 4.15. The van der Waals surface area contributed by atoms with E-state index in [1.807, 2.05) is 57.2 Å². The largest absolute Gasteiger partial charge is 0.347 e. The normalized spacial score (nSPS) is 19.0. The number of amides is 1. The smallest absolute Gasteiger partial charge is 0.225 e. The van der Waals surface area contributed by atoms with Crippen molar-refractivity contribution in [2.45, 2.75) is 46.2 Å². The van der Waals surface area contributed by atoms with Gasteiger partial charge in [0.05, 0.1) is 21.8 Å². The number of nitrogens with one attached hydrogen (secondary N) is 1. The molecular weight excluding hydrogens is 405 g/mol. The lowest BCUT2D eigenvalue weighted by molar-refractivity contribution is -0.130. The summed E-state index contributed by atoms with van der Waals surface area (Å²) in [4.78, 5) is 19.7. The Bertz CT molecular complexity index is 836. The first-order chi connectivity index (χ1) is 13.8. The van der Waals surface area contributed by atoms with Crippen molar-refractivity contribution in [3.05, 3.63) is 63.9 Å². The number of carbonyl (C=O) groups is 1. The lowest BCUT2D eigenvalue weighted by Gasteiger charge is -2.38. The van der Waals surface area contributed by atoms with E-state index in [-0.39, 0.29) is 17.9 Å². The number of hydrogen-bond donors (Lipinski definition) is 1. The molecule has 29 heavy (non-hydrogen) atoms. The van der Waals surface area contributed by atoms with E-state index in [1.54, 1.807) is 6.20 Å². The van der Waals surface area contributed by atoms with E-state index in [1.165, 1.54) is 0 Å². The molecule has 0 unspecified atom stereocenters. The van der Waals surface area contributed by atoms with Crippen molar-refractivity contribution in [1.29, 1.82) is 0 Å². The Balaban J connectivity index is 1.78. The number of rotatable bonds is 5. The van der Waals surface area contributed by atoms with Gasteiger partial charge in [0, 0.05) is 24.7 Å². The van der Waals surface area contributed by atoms with Gasteiger partial charge in [0.15, 0.2) is 0 Å². The highest BCUT2D eigenvalue weighted by atomic mass is 35.5. The van der Waals surface area contributed by atoms with E-state index < -0.39 is 5.41 Å². The highest BCUT2D eigenvalue weighted by Gasteiger charge is 2.33. The zero-order valence-electron chi connectivity index (χ0n) is 17.3. The molecule has 0 radical (unpaired) electrons. The van der Waals surface area contributed by atoms with Gasteiger partial charge in [-0.2, -0.15) is 0 Å². The molecule has 1 aromatic carbocycles. The topological polar surface area (TPSA) is 45.2 Å². The van der Waals surface area contributed by atoms with Crippen LogP contribution in [-0.2, 0) is 11.3 Å². The van der Waals surface area contributed by atoms with Crippen LogP contribution in [0.2, 0.25) is 10.0 Å². The predicted molar refractivity (Wildman–Crippen MR) is 119 cm³/mol. The fraction of sp³-hybridized carbons (Fsp3) is 0.478. The first-order valence-corrected chi connectivity index (χ1v) is 10.9. The second kappa shape index (κ2) is 9.46. The Morgan fingerprint density at radius 1 is 1.24 bits per heavy atom. The third-order valence-corrected chi connectivity index (χ3v) is 6.27. The van der Waals surface area contributed by atoms with Crippen molar-refractivity contribution in [3.8, 4) is 0 Å². The summed E-state index contributed by atoms with van der Waals surface area (Å²) in [5, 5.41) is 4.48. The lowest BCUT2D eigenvalue weighted by Crippen LogP contribution is -2.45. The molecule has 1 N–H and O–H groups in total. The summed E-state index contributed by atoms with van der Waals surface area (Å²) >= 11 is 12.6. The van der Waals surface area contributed by atoms with Crippen LogP contribution in [0.3, 0.4) is 0 Å². The van der Waals surface area contributed by atoms with Crippen molar-refractivity contribution in [3.63, 3.8) is 0 Å². The molecule has 1 fully saturated rings. The van der Waals surface area contributed by atoms with Crippen molar-refractivity contribution in [1.82, 2.24) is 15.2 Å². The molecular formula is C23H29Cl2N3O. The van der Waals surface area contributed by atoms with Gasteiger partial charge in [-0.25, -0.2) is 0 Å². The Morgan fingerprint density at radius 2 is 2.03 bits per heavy atom. The molecule has 3 rings (SSSR count). The molecule has 0 aliphatic carbocycles. The Kier molecular flexibility index (Phi) is 7.20. The van der Waals surface area contributed by atoms with Crippen LogP contribution in [-0.4, -0.2) is 28.9 Å². The minimum absolute atomic E-state index is 0.0446. The minimum atomic E-state index is -0.449. The number of pyridine rings is 1. The monoisotopic (exact) mass is 433 g/mol. The van der Waals surface area contributed by atoms with Crippen LogP contribution in [0.1, 0.15) is 50.9 Å². The standard InChI is InChI=1S/C23H29Cl2N3O/c1-23(2,3)22(29)27-21(19-11-4-5-12-26-19)17-9-7-13-28(15-17)14-16-8-6-10-18(24)20(16)25/h4-6,8,10-12,17,21H,7,9,13-15H2,1-3H3,(H,27,29)/t17-,21-/m1/s1. The molecule has 1 saturated heterocycles. The zero-order valence-corrected chi connectivity index (χ0v) is 18.8. The van der Waals surface area contributed by atoms with E-state index in [0.29, 0.717) is 10.0 Å². The van der Waals surface area contributed by atoms with Crippen LogP contribution in [0.25, 0.3) is 0 Å². The van der Waals surface area contributed by atoms with Crippen molar-refractivity contribution in [2.24, 2.45) is 11.3 Å². The first kappa shape index (κ1) is 22.1. The van der Waals surface area contributed by atoms with Crippen LogP contribution in [0.4, 0.5) is 0 Å². The highest BCUT2D eigenvalue weighted by Crippen LogP contribution is 2.32. The SMILES string of the molecule is CC(C)(C)C(=O)N[C@@H](c1ccccn1)[C@@H]1CCCN(Cc2cccc(Cl)c2Cl)C1. The van der Waals surface area contributed by atoms with Gasteiger partial charge in [-0.3, -0.25) is 14.7 Å². The van der Waals surface area contributed by atoms with Crippen LogP contribution >= 0.6 is 23.2 Å². The number of nitrogens with zero attached hydrogens (tertiary/aromatic N) is 2. The highest BCUT2D eigenvalue weighted by molar-refractivity contribution is 6.42. The molecule has 4 nitrogen and oxygen atoms in total. The van der Waals surface area contributed by atoms with E-state index in [4.69, 9.17) is 23.2 Å². The molecule has 1 aromatic heterocycles. The quantitative estimate of drug-likeness (QED) is 0.676. The second-order valence-electron chi connectivity index (χ2n) is 8.81. The van der Waals surface area contributed by atoms with Crippen molar-refractivity contribution >= 4 is 29.1 Å². The van der Waals surface area contributed by atoms with E-state index >= 15 is 0 Å². The summed E-state index contributed by atoms with van der Waals surface area (Å²) in [6.45, 7) is 8.43. The summed E-state index contributed by atoms with van der Waals surface area (Å²) in [6.07, 6.45) is 3.90. The number of piperidine rings is 1. The molecule has 0 spiro atoms. The van der Waals surface area contributed by atoms with Crippen LogP contribution < -0.4 is 5.32 Å². The minimum Gasteiger partial charge on any atom is -0.347 e. The molecule has 6 heteroatoms. The Labute approximate surface area is 183 Å². The van der Waals surface area contributed by atoms with Crippen molar-refractivity contribution in [2.75, 3.05) is 13.1 Å². The maximum absolute atomic E-state index is 12.8. The summed E-state index contributed by atoms with van der Waals surface area (Å²) in [5.41, 5.74) is 1.50. The van der Waals surface area contributed by atoms with Gasteiger partial charge in [0.1, 0.15) is 0 Å². The average molecular weight is 434 g/mol. The van der Waals surface area contributed by atoms with Gasteiger partial charge in [0.2, 0.25) is 5.91 Å². The molecule has 2 heterocycles. The average Bonchev–Trinajstić information content (AvgIpc) is 2.69. The number of halogens is 2. The van der Waals surface area contributed by atoms with Gasteiger partial charge in [0.25, 0.3) is 0 Å². The number of carbonyl (C=O) groups excluding carboxylic acids is 1. The summed E-state index contributed by atoms with van der Waals surface area (Å²) in [7, 11) is 0. The predicted octanol–water partition coefficient (Wildman–Crippen LogP) is 5.50. The maximum atomic E-state index is 12.8. The first-order valence-electron chi connectivity index (χ1n) is 10.1. The molecule has 1 aliphatic heterocycles. The Morgan fingerprint density at radius 3 is 2.72 bits per heavy atom. The molecule has 0 bridgehead atoms. The molecule has 2 atom stereocenters. The summed E-state index contributed by atoms with van der Waals surface area (Å²) in [6, 6.07) is 11.5. The summed E-state index contributed by atoms with van der Waals surface area (Å²) in [5.74, 6) is 0.325. The van der Waals surface area contributed by atoms with Gasteiger partial charge in [-0.1, -0.05) is 62.2 Å². The second-order valence-corrected chi connectivity index (χ2v) is 9.59. The van der Waals surface area contributed by atoms with Crippen LogP contribution in [0, 0.1) is 11.3 Å². The van der Waals surface area contributed by atoms with Crippen LogP contribution in [0.5, 0.6) is 0 Å². The summed E-state index contributed by atoms with van der Waals surface area (Å²) < 4.78 is 0. The Hall–Kier alpha value is -1.62. The molecule has 0 saturated carbocycles. The molecule has 156 valence electrons.